The van der Waals surface area contributed by atoms with Gasteiger partial charge in [-0.15, -0.1) is 0 Å². The van der Waals surface area contributed by atoms with Crippen LogP contribution < -0.4 is 0 Å². The molecule has 1 aliphatic carbocycles. The summed E-state index contributed by atoms with van der Waals surface area (Å²) in [5, 5.41) is 14.2. The maximum atomic E-state index is 12.7. The topological polar surface area (TPSA) is 71.2 Å². The van der Waals surface area contributed by atoms with E-state index in [0.717, 1.165) is 29.6 Å². The summed E-state index contributed by atoms with van der Waals surface area (Å²) in [7, 11) is 1.70. The summed E-state index contributed by atoms with van der Waals surface area (Å²) in [4.78, 5) is 19.0. The Hall–Kier alpha value is -1.95. The van der Waals surface area contributed by atoms with Crippen molar-refractivity contribution in [3.05, 3.63) is 23.5 Å². The molecule has 0 bridgehead atoms. The van der Waals surface area contributed by atoms with Gasteiger partial charge in [0.1, 0.15) is 0 Å². The predicted molar refractivity (Wildman–Crippen MR) is 83.9 cm³/mol. The summed E-state index contributed by atoms with van der Waals surface area (Å²) in [5.41, 5.74) is 2.39. The number of nitrogens with zero attached hydrogens (tertiary/aromatic N) is 4. The summed E-state index contributed by atoms with van der Waals surface area (Å²) in [6, 6.07) is 2.10. The fourth-order valence-electron chi connectivity index (χ4n) is 2.64. The molecule has 0 aliphatic heterocycles. The zero-order chi connectivity index (χ0) is 15.9. The lowest BCUT2D eigenvalue weighted by Crippen LogP contribution is -2.29. The number of likely N-dealkylation sites (N-methyl/N-ethyl adjacent to an activating group) is 1. The third-order valence-corrected chi connectivity index (χ3v) is 4.08. The molecular weight excluding hydrogens is 280 g/mol. The third kappa shape index (κ3) is 2.59. The van der Waals surface area contributed by atoms with E-state index in [-0.39, 0.29) is 18.6 Å². The molecule has 1 N–H and O–H groups in total. The molecule has 0 saturated heterocycles. The van der Waals surface area contributed by atoms with Gasteiger partial charge >= 0.3 is 0 Å². The van der Waals surface area contributed by atoms with Crippen molar-refractivity contribution in [1.82, 2.24) is 19.7 Å². The Labute approximate surface area is 129 Å². The average molecular weight is 302 g/mol. The van der Waals surface area contributed by atoms with Crippen LogP contribution in [0, 0.1) is 0 Å². The number of pyridine rings is 1. The van der Waals surface area contributed by atoms with Gasteiger partial charge < -0.3 is 10.0 Å². The van der Waals surface area contributed by atoms with E-state index in [1.54, 1.807) is 13.2 Å². The largest absolute Gasteiger partial charge is 0.395 e. The van der Waals surface area contributed by atoms with Gasteiger partial charge in [-0.05, 0) is 32.8 Å². The number of hydrogen-bond acceptors (Lipinski definition) is 4. The van der Waals surface area contributed by atoms with Crippen LogP contribution in [0.5, 0.6) is 0 Å². The fraction of sp³-hybridized carbons (Fsp3) is 0.562. The van der Waals surface area contributed by atoms with Gasteiger partial charge in [0.15, 0.2) is 5.65 Å². The average Bonchev–Trinajstić information content (AvgIpc) is 3.24. The van der Waals surface area contributed by atoms with Crippen LogP contribution in [-0.4, -0.2) is 50.9 Å². The minimum absolute atomic E-state index is 0.0444. The van der Waals surface area contributed by atoms with Gasteiger partial charge in [-0.2, -0.15) is 5.10 Å². The first-order valence-corrected chi connectivity index (χ1v) is 7.77. The fourth-order valence-corrected chi connectivity index (χ4v) is 2.64. The highest BCUT2D eigenvalue weighted by Crippen LogP contribution is 2.40. The zero-order valence-corrected chi connectivity index (χ0v) is 13.3. The van der Waals surface area contributed by atoms with Crippen LogP contribution in [0.4, 0.5) is 0 Å². The molecule has 2 aromatic rings. The second-order valence-electron chi connectivity index (χ2n) is 6.24. The Morgan fingerprint density at radius 3 is 2.82 bits per heavy atom. The van der Waals surface area contributed by atoms with Gasteiger partial charge in [-0.25, -0.2) is 9.67 Å². The van der Waals surface area contributed by atoms with Gasteiger partial charge in [-0.3, -0.25) is 4.79 Å². The molecule has 1 aliphatic rings. The molecule has 0 radical (unpaired) electrons. The molecule has 6 nitrogen and oxygen atoms in total. The van der Waals surface area contributed by atoms with Crippen LogP contribution in [0.15, 0.2) is 12.3 Å². The predicted octanol–water partition coefficient (Wildman–Crippen LogP) is 1.95. The number of carbonyl (C=O) groups excluding carboxylic acids is 1. The van der Waals surface area contributed by atoms with E-state index in [1.807, 2.05) is 10.7 Å². The van der Waals surface area contributed by atoms with Gasteiger partial charge in [0.25, 0.3) is 5.91 Å². The lowest BCUT2D eigenvalue weighted by Gasteiger charge is -2.17. The molecule has 1 fully saturated rings. The van der Waals surface area contributed by atoms with Gasteiger partial charge in [0, 0.05) is 31.2 Å². The van der Waals surface area contributed by atoms with E-state index in [0.29, 0.717) is 18.0 Å². The molecule has 1 amide bonds. The Morgan fingerprint density at radius 1 is 1.50 bits per heavy atom. The number of rotatable bonds is 5. The first kappa shape index (κ1) is 15.0. The first-order valence-electron chi connectivity index (χ1n) is 7.77. The Kier molecular flexibility index (Phi) is 3.87. The Bertz CT molecular complexity index is 703. The SMILES string of the molecule is CC(C)n1ncc2c(C(=O)N(C)CCO)cc(C3CC3)nc21. The summed E-state index contributed by atoms with van der Waals surface area (Å²) in [6.45, 7) is 4.38. The van der Waals surface area contributed by atoms with E-state index in [4.69, 9.17) is 10.1 Å². The summed E-state index contributed by atoms with van der Waals surface area (Å²) < 4.78 is 1.87. The van der Waals surface area contributed by atoms with E-state index in [1.165, 1.54) is 4.90 Å². The molecule has 2 heterocycles. The molecule has 0 spiro atoms. The third-order valence-electron chi connectivity index (χ3n) is 4.08. The Balaban J connectivity index is 2.13. The van der Waals surface area contributed by atoms with Crippen molar-refractivity contribution >= 4 is 16.9 Å². The second-order valence-corrected chi connectivity index (χ2v) is 6.24. The normalized spacial score (nSPS) is 14.8. The molecule has 0 unspecified atom stereocenters. The number of aromatic nitrogens is 3. The summed E-state index contributed by atoms with van der Waals surface area (Å²) in [6.07, 6.45) is 3.99. The van der Waals surface area contributed by atoms with Crippen molar-refractivity contribution in [3.63, 3.8) is 0 Å². The van der Waals surface area contributed by atoms with Crippen molar-refractivity contribution < 1.29 is 9.90 Å². The quantitative estimate of drug-likeness (QED) is 0.916. The van der Waals surface area contributed by atoms with Crippen LogP contribution in [-0.2, 0) is 0 Å². The van der Waals surface area contributed by atoms with Crippen LogP contribution >= 0.6 is 0 Å². The number of carbonyl (C=O) groups is 1. The monoisotopic (exact) mass is 302 g/mol. The van der Waals surface area contributed by atoms with Gasteiger partial charge in [0.2, 0.25) is 0 Å². The van der Waals surface area contributed by atoms with Crippen LogP contribution in [0.3, 0.4) is 0 Å². The first-order chi connectivity index (χ1) is 10.5. The van der Waals surface area contributed by atoms with Crippen molar-refractivity contribution in [2.75, 3.05) is 20.2 Å². The van der Waals surface area contributed by atoms with E-state index < -0.39 is 0 Å². The standard InChI is InChI=1S/C16H22N4O2/c1-10(2)20-15-13(9-17-20)12(16(22)19(3)6-7-21)8-14(18-15)11-4-5-11/h8-11,21H,4-7H2,1-3H3. The zero-order valence-electron chi connectivity index (χ0n) is 13.3. The van der Waals surface area contributed by atoms with E-state index >= 15 is 0 Å². The summed E-state index contributed by atoms with van der Waals surface area (Å²) >= 11 is 0. The second kappa shape index (κ2) is 5.68. The van der Waals surface area contributed by atoms with Crippen LogP contribution in [0.2, 0.25) is 0 Å². The van der Waals surface area contributed by atoms with Crippen molar-refractivity contribution in [3.8, 4) is 0 Å². The molecule has 2 aromatic heterocycles. The smallest absolute Gasteiger partial charge is 0.254 e. The van der Waals surface area contributed by atoms with E-state index in [2.05, 4.69) is 18.9 Å². The maximum Gasteiger partial charge on any atom is 0.254 e. The molecule has 6 heteroatoms. The van der Waals surface area contributed by atoms with E-state index in [9.17, 15) is 4.79 Å². The number of aliphatic hydroxyl groups excluding tert-OH is 1. The number of aliphatic hydroxyl groups is 1. The minimum atomic E-state index is -0.0911. The molecule has 1 saturated carbocycles. The van der Waals surface area contributed by atoms with Gasteiger partial charge in [0.05, 0.1) is 23.8 Å². The highest BCUT2D eigenvalue weighted by atomic mass is 16.3. The lowest BCUT2D eigenvalue weighted by molar-refractivity contribution is 0.0768. The maximum absolute atomic E-state index is 12.7. The highest BCUT2D eigenvalue weighted by Gasteiger charge is 2.28. The summed E-state index contributed by atoms with van der Waals surface area (Å²) in [5.74, 6) is 0.376. The number of hydrogen-bond donors (Lipinski definition) is 1. The van der Waals surface area contributed by atoms with Crippen molar-refractivity contribution in [2.24, 2.45) is 0 Å². The molecule has 3 rings (SSSR count). The molecule has 0 atom stereocenters. The van der Waals surface area contributed by atoms with Crippen molar-refractivity contribution in [1.29, 1.82) is 0 Å². The van der Waals surface area contributed by atoms with Crippen molar-refractivity contribution in [2.45, 2.75) is 38.6 Å². The highest BCUT2D eigenvalue weighted by molar-refractivity contribution is 6.05. The lowest BCUT2D eigenvalue weighted by atomic mass is 10.1. The Morgan fingerprint density at radius 2 is 2.23 bits per heavy atom. The molecular formula is C16H22N4O2. The molecule has 118 valence electrons. The molecule has 22 heavy (non-hydrogen) atoms. The number of amides is 1. The minimum Gasteiger partial charge on any atom is -0.395 e. The molecule has 0 aromatic carbocycles. The van der Waals surface area contributed by atoms with Gasteiger partial charge in [-0.1, -0.05) is 0 Å². The van der Waals surface area contributed by atoms with Crippen LogP contribution in [0.25, 0.3) is 11.0 Å². The van der Waals surface area contributed by atoms with Crippen LogP contribution in [0.1, 0.15) is 54.7 Å². The number of fused-ring (bicyclic) bond motifs is 1.